The number of H-pyrrole nitrogens is 1. The normalized spacial score (nSPS) is 17.8. The Balaban J connectivity index is 1.84. The molecule has 1 saturated carbocycles. The Kier molecular flexibility index (Phi) is 3.59. The highest BCUT2D eigenvalue weighted by atomic mass is 16.3. The molecular weight excluding hydrogens is 266 g/mol. The van der Waals surface area contributed by atoms with E-state index in [0.29, 0.717) is 11.4 Å². The highest BCUT2D eigenvalue weighted by Crippen LogP contribution is 2.28. The van der Waals surface area contributed by atoms with Gasteiger partial charge in [-0.1, -0.05) is 31.4 Å². The number of aliphatic hydroxyl groups excluding tert-OH is 1. The number of nitrogens with one attached hydrogen (secondary N) is 2. The van der Waals surface area contributed by atoms with Crippen LogP contribution in [-0.4, -0.2) is 28.1 Å². The first-order valence-corrected chi connectivity index (χ1v) is 7.44. The molecule has 0 radical (unpaired) electrons. The topological polar surface area (TPSA) is 91.1 Å². The molecule has 2 aromatic rings. The Bertz CT molecular complexity index is 657. The lowest BCUT2D eigenvalue weighted by Crippen LogP contribution is -2.52. The molecule has 0 atom stereocenters. The number of aliphatic hydroxyl groups is 1. The summed E-state index contributed by atoms with van der Waals surface area (Å²) in [5.41, 5.74) is 7.32. The van der Waals surface area contributed by atoms with E-state index in [9.17, 15) is 9.90 Å². The number of nitrogen functional groups attached to an aromatic ring is 1. The summed E-state index contributed by atoms with van der Waals surface area (Å²) in [6, 6.07) is 7.39. The molecule has 5 heteroatoms. The van der Waals surface area contributed by atoms with Gasteiger partial charge in [-0.15, -0.1) is 0 Å². The minimum Gasteiger partial charge on any atom is -0.397 e. The van der Waals surface area contributed by atoms with Gasteiger partial charge in [-0.25, -0.2) is 0 Å². The largest absolute Gasteiger partial charge is 0.397 e. The molecule has 5 N–H and O–H groups in total. The number of aromatic amines is 1. The van der Waals surface area contributed by atoms with Gasteiger partial charge < -0.3 is 21.1 Å². The fourth-order valence-corrected chi connectivity index (χ4v) is 3.16. The van der Waals surface area contributed by atoms with Crippen LogP contribution in [0.5, 0.6) is 0 Å². The van der Waals surface area contributed by atoms with Crippen molar-refractivity contribution in [1.82, 2.24) is 10.3 Å². The number of amides is 1. The molecular formula is C16H21N3O2. The first-order chi connectivity index (χ1) is 10.1. The van der Waals surface area contributed by atoms with Gasteiger partial charge >= 0.3 is 0 Å². The quantitative estimate of drug-likeness (QED) is 0.652. The summed E-state index contributed by atoms with van der Waals surface area (Å²) >= 11 is 0. The molecule has 3 rings (SSSR count). The molecule has 0 bridgehead atoms. The lowest BCUT2D eigenvalue weighted by atomic mass is 9.82. The van der Waals surface area contributed by atoms with Crippen molar-refractivity contribution >= 4 is 22.5 Å². The Morgan fingerprint density at radius 1 is 1.33 bits per heavy atom. The number of anilines is 1. The zero-order valence-electron chi connectivity index (χ0n) is 12.0. The summed E-state index contributed by atoms with van der Waals surface area (Å²) in [5, 5.41) is 13.6. The van der Waals surface area contributed by atoms with Gasteiger partial charge in [-0.2, -0.15) is 0 Å². The van der Waals surface area contributed by atoms with E-state index < -0.39 is 5.54 Å². The average molecular weight is 287 g/mol. The van der Waals surface area contributed by atoms with Gasteiger partial charge in [-0.3, -0.25) is 4.79 Å². The second kappa shape index (κ2) is 5.41. The minimum absolute atomic E-state index is 0.0128. The Hall–Kier alpha value is -2.01. The third kappa shape index (κ3) is 2.61. The number of aromatic nitrogens is 1. The zero-order valence-corrected chi connectivity index (χ0v) is 12.0. The summed E-state index contributed by atoms with van der Waals surface area (Å²) in [6.07, 6.45) is 4.91. The number of rotatable bonds is 3. The number of carbonyl (C=O) groups excluding carboxylic acids is 1. The predicted molar refractivity (Wildman–Crippen MR) is 83.1 cm³/mol. The van der Waals surface area contributed by atoms with Crippen molar-refractivity contribution in [1.29, 1.82) is 0 Å². The van der Waals surface area contributed by atoms with Crippen molar-refractivity contribution in [2.45, 2.75) is 37.6 Å². The number of hydrogen-bond acceptors (Lipinski definition) is 3. The van der Waals surface area contributed by atoms with Crippen LogP contribution in [-0.2, 0) is 0 Å². The van der Waals surface area contributed by atoms with E-state index in [0.717, 1.165) is 36.6 Å². The third-order valence-electron chi connectivity index (χ3n) is 4.43. The molecule has 1 fully saturated rings. The molecule has 1 aliphatic rings. The summed E-state index contributed by atoms with van der Waals surface area (Å²) in [7, 11) is 0. The van der Waals surface area contributed by atoms with Gasteiger partial charge in [0.25, 0.3) is 5.91 Å². The third-order valence-corrected chi connectivity index (χ3v) is 4.43. The fraction of sp³-hybridized carbons (Fsp3) is 0.438. The molecule has 1 amide bonds. The molecule has 0 spiro atoms. The summed E-state index contributed by atoms with van der Waals surface area (Å²) < 4.78 is 0. The van der Waals surface area contributed by atoms with E-state index >= 15 is 0 Å². The van der Waals surface area contributed by atoms with E-state index in [1.54, 1.807) is 12.1 Å². The second-order valence-corrected chi connectivity index (χ2v) is 5.95. The molecule has 0 aliphatic heterocycles. The number of carbonyl (C=O) groups is 1. The van der Waals surface area contributed by atoms with Gasteiger partial charge in [0.1, 0.15) is 5.69 Å². The molecule has 112 valence electrons. The van der Waals surface area contributed by atoms with E-state index in [1.165, 1.54) is 6.42 Å². The Morgan fingerprint density at radius 3 is 2.76 bits per heavy atom. The van der Waals surface area contributed by atoms with Gasteiger partial charge in [0.05, 0.1) is 23.3 Å². The molecule has 0 saturated heterocycles. The molecule has 1 aromatic carbocycles. The highest BCUT2D eigenvalue weighted by molar-refractivity contribution is 6.01. The number of hydrogen-bond donors (Lipinski definition) is 4. The Morgan fingerprint density at radius 2 is 2.10 bits per heavy atom. The van der Waals surface area contributed by atoms with Gasteiger partial charge in [0, 0.05) is 5.39 Å². The van der Waals surface area contributed by atoms with Crippen LogP contribution in [0.1, 0.15) is 42.6 Å². The maximum Gasteiger partial charge on any atom is 0.268 e. The lowest BCUT2D eigenvalue weighted by molar-refractivity contribution is 0.0754. The van der Waals surface area contributed by atoms with Crippen molar-refractivity contribution in [2.24, 2.45) is 0 Å². The van der Waals surface area contributed by atoms with Crippen LogP contribution < -0.4 is 11.1 Å². The van der Waals surface area contributed by atoms with Crippen LogP contribution in [0.4, 0.5) is 5.69 Å². The maximum atomic E-state index is 12.5. The maximum absolute atomic E-state index is 12.5. The molecule has 1 aromatic heterocycles. The smallest absolute Gasteiger partial charge is 0.268 e. The van der Waals surface area contributed by atoms with Crippen LogP contribution in [0.15, 0.2) is 24.3 Å². The summed E-state index contributed by atoms with van der Waals surface area (Å²) in [4.78, 5) is 15.5. The van der Waals surface area contributed by atoms with Crippen molar-refractivity contribution in [3.8, 4) is 0 Å². The lowest BCUT2D eigenvalue weighted by Gasteiger charge is -2.36. The monoisotopic (exact) mass is 287 g/mol. The first-order valence-electron chi connectivity index (χ1n) is 7.44. The fourth-order valence-electron chi connectivity index (χ4n) is 3.16. The van der Waals surface area contributed by atoms with Gasteiger partial charge in [-0.05, 0) is 25.0 Å². The SMILES string of the molecule is Nc1cccc2cc(C(=O)NC3(CO)CCCCC3)[nH]c12. The second-order valence-electron chi connectivity index (χ2n) is 5.95. The van der Waals surface area contributed by atoms with E-state index in [4.69, 9.17) is 5.73 Å². The summed E-state index contributed by atoms with van der Waals surface area (Å²) in [6.45, 7) is -0.0128. The van der Waals surface area contributed by atoms with Crippen LogP contribution in [0.2, 0.25) is 0 Å². The van der Waals surface area contributed by atoms with Crippen molar-refractivity contribution in [3.63, 3.8) is 0 Å². The highest BCUT2D eigenvalue weighted by Gasteiger charge is 2.33. The van der Waals surface area contributed by atoms with Crippen LogP contribution in [0.3, 0.4) is 0 Å². The molecule has 5 nitrogen and oxygen atoms in total. The number of benzene rings is 1. The predicted octanol–water partition coefficient (Wildman–Crippen LogP) is 2.18. The number of nitrogens with two attached hydrogens (primary N) is 1. The molecule has 21 heavy (non-hydrogen) atoms. The number of para-hydroxylation sites is 1. The van der Waals surface area contributed by atoms with Crippen LogP contribution >= 0.6 is 0 Å². The van der Waals surface area contributed by atoms with Gasteiger partial charge in [0.2, 0.25) is 0 Å². The van der Waals surface area contributed by atoms with E-state index in [1.807, 2.05) is 12.1 Å². The van der Waals surface area contributed by atoms with E-state index in [2.05, 4.69) is 10.3 Å². The van der Waals surface area contributed by atoms with Crippen molar-refractivity contribution in [3.05, 3.63) is 30.0 Å². The van der Waals surface area contributed by atoms with E-state index in [-0.39, 0.29) is 12.5 Å². The van der Waals surface area contributed by atoms with Gasteiger partial charge in [0.15, 0.2) is 0 Å². The summed E-state index contributed by atoms with van der Waals surface area (Å²) in [5.74, 6) is -0.179. The molecule has 1 heterocycles. The number of fused-ring (bicyclic) bond motifs is 1. The zero-order chi connectivity index (χ0) is 14.9. The standard InChI is InChI=1S/C16H21N3O2/c17-12-6-4-5-11-9-13(18-14(11)12)15(21)19-16(10-20)7-2-1-3-8-16/h4-6,9,18,20H,1-3,7-8,10,17H2,(H,19,21). The Labute approximate surface area is 123 Å². The average Bonchev–Trinajstić information content (AvgIpc) is 2.94. The molecule has 1 aliphatic carbocycles. The van der Waals surface area contributed by atoms with Crippen LogP contribution in [0.25, 0.3) is 10.9 Å². The van der Waals surface area contributed by atoms with Crippen molar-refractivity contribution in [2.75, 3.05) is 12.3 Å². The molecule has 0 unspecified atom stereocenters. The first kappa shape index (κ1) is 13.9. The van der Waals surface area contributed by atoms with Crippen molar-refractivity contribution < 1.29 is 9.90 Å². The van der Waals surface area contributed by atoms with Crippen LogP contribution in [0, 0.1) is 0 Å². The minimum atomic E-state index is -0.474.